The summed E-state index contributed by atoms with van der Waals surface area (Å²) in [4.78, 5) is 9.09. The van der Waals surface area contributed by atoms with E-state index in [1.165, 1.54) is 5.69 Å². The first-order valence-corrected chi connectivity index (χ1v) is 9.19. The van der Waals surface area contributed by atoms with Gasteiger partial charge in [-0.15, -0.1) is 0 Å². The Kier molecular flexibility index (Phi) is 5.39. The molecule has 3 rings (SSSR count). The van der Waals surface area contributed by atoms with Gasteiger partial charge in [0.1, 0.15) is 0 Å². The maximum absolute atomic E-state index is 5.69. The van der Waals surface area contributed by atoms with Crippen molar-refractivity contribution in [1.29, 1.82) is 0 Å². The Labute approximate surface area is 155 Å². The molecule has 2 atom stereocenters. The number of nitrogens with one attached hydrogen (secondary N) is 1. The van der Waals surface area contributed by atoms with E-state index in [9.17, 15) is 0 Å². The maximum Gasteiger partial charge on any atom is 0.170 e. The highest BCUT2D eigenvalue weighted by molar-refractivity contribution is 7.80. The molecule has 2 aromatic heterocycles. The van der Waals surface area contributed by atoms with Crippen LogP contribution in [0.5, 0.6) is 0 Å². The Bertz CT molecular complexity index is 710. The molecule has 2 unspecified atom stereocenters. The van der Waals surface area contributed by atoms with Crippen LogP contribution in [-0.4, -0.2) is 51.6 Å². The third-order valence-corrected chi connectivity index (χ3v) is 5.01. The minimum atomic E-state index is 0.0586. The highest BCUT2D eigenvalue weighted by Crippen LogP contribution is 2.39. The van der Waals surface area contributed by atoms with Gasteiger partial charge in [0, 0.05) is 37.2 Å². The van der Waals surface area contributed by atoms with Crippen molar-refractivity contribution in [2.45, 2.75) is 32.0 Å². The molecule has 2 aromatic rings. The average molecular weight is 358 g/mol. The SMILES string of the molecule is CC(C)n1cccc1C1C(c2ccccn2)NC(=S)N1CCN(C)C. The van der Waals surface area contributed by atoms with E-state index in [0.29, 0.717) is 6.04 Å². The van der Waals surface area contributed by atoms with Crippen LogP contribution in [-0.2, 0) is 0 Å². The molecular weight excluding hydrogens is 330 g/mol. The quantitative estimate of drug-likeness (QED) is 0.804. The van der Waals surface area contributed by atoms with E-state index in [1.54, 1.807) is 0 Å². The molecule has 1 aliphatic rings. The molecule has 6 heteroatoms. The third kappa shape index (κ3) is 3.70. The molecule has 0 aromatic carbocycles. The lowest BCUT2D eigenvalue weighted by molar-refractivity contribution is 0.266. The van der Waals surface area contributed by atoms with Crippen LogP contribution >= 0.6 is 12.2 Å². The van der Waals surface area contributed by atoms with Crippen molar-refractivity contribution in [3.63, 3.8) is 0 Å². The van der Waals surface area contributed by atoms with Gasteiger partial charge in [-0.25, -0.2) is 0 Å². The average Bonchev–Trinajstić information content (AvgIpc) is 3.18. The zero-order chi connectivity index (χ0) is 18.0. The second-order valence-corrected chi connectivity index (χ2v) is 7.44. The molecule has 1 saturated heterocycles. The molecule has 25 heavy (non-hydrogen) atoms. The van der Waals surface area contributed by atoms with Gasteiger partial charge in [0.2, 0.25) is 0 Å². The van der Waals surface area contributed by atoms with Gasteiger partial charge in [-0.1, -0.05) is 6.07 Å². The predicted octanol–water partition coefficient (Wildman–Crippen LogP) is 3.00. The molecule has 3 heterocycles. The number of thiocarbonyl (C=S) groups is 1. The summed E-state index contributed by atoms with van der Waals surface area (Å²) in [5.74, 6) is 0. The van der Waals surface area contributed by atoms with Crippen LogP contribution in [0.4, 0.5) is 0 Å². The molecule has 0 amide bonds. The first-order chi connectivity index (χ1) is 12.0. The van der Waals surface area contributed by atoms with Crippen molar-refractivity contribution >= 4 is 17.3 Å². The Balaban J connectivity index is 2.00. The summed E-state index contributed by atoms with van der Waals surface area (Å²) in [5.41, 5.74) is 2.30. The topological polar surface area (TPSA) is 36.3 Å². The fraction of sp³-hybridized carbons (Fsp3) is 0.474. The summed E-state index contributed by atoms with van der Waals surface area (Å²) in [6.07, 6.45) is 4.00. The van der Waals surface area contributed by atoms with Crippen LogP contribution < -0.4 is 5.32 Å². The molecule has 1 N–H and O–H groups in total. The lowest BCUT2D eigenvalue weighted by Crippen LogP contribution is -2.36. The van der Waals surface area contributed by atoms with Crippen molar-refractivity contribution in [1.82, 2.24) is 24.7 Å². The Morgan fingerprint density at radius 3 is 2.68 bits per heavy atom. The number of rotatable bonds is 6. The number of likely N-dealkylation sites (N-methyl/N-ethyl adjacent to an activating group) is 1. The lowest BCUT2D eigenvalue weighted by atomic mass is 10.0. The largest absolute Gasteiger partial charge is 0.352 e. The Morgan fingerprint density at radius 1 is 1.24 bits per heavy atom. The van der Waals surface area contributed by atoms with Crippen LogP contribution in [0.15, 0.2) is 42.7 Å². The summed E-state index contributed by atoms with van der Waals surface area (Å²) in [7, 11) is 4.18. The molecular formula is C19H27N5S. The summed E-state index contributed by atoms with van der Waals surface area (Å²) in [5, 5.41) is 4.32. The number of hydrogen-bond acceptors (Lipinski definition) is 3. The van der Waals surface area contributed by atoms with Crippen LogP contribution in [0.3, 0.4) is 0 Å². The predicted molar refractivity (Wildman–Crippen MR) is 106 cm³/mol. The summed E-state index contributed by atoms with van der Waals surface area (Å²) < 4.78 is 2.33. The van der Waals surface area contributed by atoms with Crippen molar-refractivity contribution < 1.29 is 0 Å². The molecule has 0 saturated carbocycles. The van der Waals surface area contributed by atoms with Gasteiger partial charge in [-0.2, -0.15) is 0 Å². The van der Waals surface area contributed by atoms with E-state index >= 15 is 0 Å². The van der Waals surface area contributed by atoms with E-state index < -0.39 is 0 Å². The monoisotopic (exact) mass is 357 g/mol. The van der Waals surface area contributed by atoms with Crippen LogP contribution in [0, 0.1) is 0 Å². The summed E-state index contributed by atoms with van der Waals surface area (Å²) in [6, 6.07) is 11.0. The van der Waals surface area contributed by atoms with Crippen LogP contribution in [0.1, 0.15) is 43.4 Å². The smallest absolute Gasteiger partial charge is 0.170 e. The van der Waals surface area contributed by atoms with Crippen molar-refractivity contribution in [3.8, 4) is 0 Å². The zero-order valence-electron chi connectivity index (χ0n) is 15.4. The van der Waals surface area contributed by atoms with Gasteiger partial charge in [-0.05, 0) is 64.4 Å². The second kappa shape index (κ2) is 7.54. The summed E-state index contributed by atoms with van der Waals surface area (Å²) in [6.45, 7) is 6.26. The van der Waals surface area contributed by atoms with E-state index in [0.717, 1.165) is 23.9 Å². The fourth-order valence-corrected chi connectivity index (χ4v) is 3.74. The zero-order valence-corrected chi connectivity index (χ0v) is 16.2. The van der Waals surface area contributed by atoms with Crippen molar-refractivity contribution in [3.05, 3.63) is 54.1 Å². The number of hydrogen-bond donors (Lipinski definition) is 1. The van der Waals surface area contributed by atoms with E-state index in [-0.39, 0.29) is 12.1 Å². The van der Waals surface area contributed by atoms with Crippen LogP contribution in [0.2, 0.25) is 0 Å². The molecule has 0 aliphatic carbocycles. The number of aromatic nitrogens is 2. The molecule has 1 fully saturated rings. The van der Waals surface area contributed by atoms with Crippen LogP contribution in [0.25, 0.3) is 0 Å². The summed E-state index contributed by atoms with van der Waals surface area (Å²) >= 11 is 5.69. The molecule has 5 nitrogen and oxygen atoms in total. The Morgan fingerprint density at radius 2 is 2.04 bits per heavy atom. The van der Waals surface area contributed by atoms with Gasteiger partial charge >= 0.3 is 0 Å². The highest BCUT2D eigenvalue weighted by atomic mass is 32.1. The lowest BCUT2D eigenvalue weighted by Gasteiger charge is -2.30. The molecule has 134 valence electrons. The van der Waals surface area contributed by atoms with E-state index in [2.05, 4.69) is 77.0 Å². The minimum Gasteiger partial charge on any atom is -0.352 e. The highest BCUT2D eigenvalue weighted by Gasteiger charge is 2.41. The van der Waals surface area contributed by atoms with E-state index in [4.69, 9.17) is 12.2 Å². The first kappa shape index (κ1) is 17.9. The normalized spacial score (nSPS) is 20.6. The minimum absolute atomic E-state index is 0.0586. The second-order valence-electron chi connectivity index (χ2n) is 7.06. The van der Waals surface area contributed by atoms with Gasteiger partial charge in [0.15, 0.2) is 5.11 Å². The van der Waals surface area contributed by atoms with Gasteiger partial charge in [0.05, 0.1) is 17.8 Å². The molecule has 0 spiro atoms. The third-order valence-electron chi connectivity index (χ3n) is 4.66. The standard InChI is InChI=1S/C19H27N5S/c1-14(2)23-11-7-9-16(23)18-17(15-8-5-6-10-20-15)21-19(25)24(18)13-12-22(3)4/h5-11,14,17-18H,12-13H2,1-4H3,(H,21,25). The Hall–Kier alpha value is -1.92. The molecule has 0 bridgehead atoms. The molecule has 1 aliphatic heterocycles. The maximum atomic E-state index is 5.69. The van der Waals surface area contributed by atoms with Gasteiger partial charge in [0.25, 0.3) is 0 Å². The first-order valence-electron chi connectivity index (χ1n) is 8.78. The van der Waals surface area contributed by atoms with Gasteiger partial charge in [-0.3, -0.25) is 4.98 Å². The molecule has 0 radical (unpaired) electrons. The number of nitrogens with zero attached hydrogens (tertiary/aromatic N) is 4. The van der Waals surface area contributed by atoms with E-state index in [1.807, 2.05) is 18.3 Å². The van der Waals surface area contributed by atoms with Crippen molar-refractivity contribution in [2.75, 3.05) is 27.2 Å². The van der Waals surface area contributed by atoms with Crippen molar-refractivity contribution in [2.24, 2.45) is 0 Å². The fourth-order valence-electron chi connectivity index (χ4n) is 3.40. The number of pyridine rings is 1. The van der Waals surface area contributed by atoms with Gasteiger partial charge < -0.3 is 19.7 Å².